The monoisotopic (exact) mass is 444 g/mol. The van der Waals surface area contributed by atoms with Gasteiger partial charge in [0.25, 0.3) is 5.56 Å². The zero-order valence-corrected chi connectivity index (χ0v) is 17.2. The van der Waals surface area contributed by atoms with Crippen molar-refractivity contribution in [2.45, 2.75) is 6.10 Å². The summed E-state index contributed by atoms with van der Waals surface area (Å²) in [7, 11) is 0. The summed E-state index contributed by atoms with van der Waals surface area (Å²) in [5.74, 6) is 1.32. The third-order valence-electron chi connectivity index (χ3n) is 5.46. The van der Waals surface area contributed by atoms with Crippen LogP contribution >= 0.6 is 0 Å². The Morgan fingerprint density at radius 3 is 2.76 bits per heavy atom. The molecule has 0 amide bonds. The van der Waals surface area contributed by atoms with E-state index in [0.29, 0.717) is 58.2 Å². The molecule has 0 saturated carbocycles. The minimum atomic E-state index is -0.395. The molecule has 0 bridgehead atoms. The van der Waals surface area contributed by atoms with Gasteiger partial charge >= 0.3 is 0 Å². The van der Waals surface area contributed by atoms with Crippen molar-refractivity contribution in [2.75, 3.05) is 18.5 Å². The van der Waals surface area contributed by atoms with Crippen molar-refractivity contribution in [3.8, 4) is 17.2 Å². The van der Waals surface area contributed by atoms with Crippen LogP contribution in [0.1, 0.15) is 0 Å². The second-order valence-corrected chi connectivity index (χ2v) is 7.59. The number of aromatic nitrogens is 5. The number of hydrogen-bond donors (Lipinski definition) is 2. The molecule has 1 atom stereocenters. The molecule has 3 aromatic heterocycles. The molecule has 164 valence electrons. The van der Waals surface area contributed by atoms with E-state index >= 15 is 0 Å². The van der Waals surface area contributed by atoms with Crippen molar-refractivity contribution in [3.63, 3.8) is 0 Å². The molecular formula is C23H17FN6O3. The predicted octanol–water partition coefficient (Wildman–Crippen LogP) is 3.05. The second-order valence-electron chi connectivity index (χ2n) is 7.59. The molecule has 1 aliphatic rings. The van der Waals surface area contributed by atoms with Crippen LogP contribution in [0.2, 0.25) is 0 Å². The predicted molar refractivity (Wildman–Crippen MR) is 120 cm³/mol. The minimum absolute atomic E-state index is 0.242. The summed E-state index contributed by atoms with van der Waals surface area (Å²) in [5, 5.41) is 11.0. The number of benzene rings is 2. The lowest BCUT2D eigenvalue weighted by Gasteiger charge is -2.26. The van der Waals surface area contributed by atoms with E-state index in [0.717, 1.165) is 0 Å². The number of pyridine rings is 1. The first-order valence-electron chi connectivity index (χ1n) is 10.3. The molecule has 0 aliphatic carbocycles. The standard InChI is InChI=1S/C23H17FN6O3/c24-13-5-7-14(8-6-13)30-21-16(20-17(22(30)31)11-27-29-20)10-26-23(28-21)25-9-15-12-32-18-3-1-2-4-19(18)33-15/h1-8,10-11,15H,9,12H2,(H,27,29)(H,25,26,28). The summed E-state index contributed by atoms with van der Waals surface area (Å²) in [6, 6.07) is 13.1. The van der Waals surface area contributed by atoms with E-state index in [1.165, 1.54) is 35.0 Å². The van der Waals surface area contributed by atoms with E-state index in [4.69, 9.17) is 9.47 Å². The van der Waals surface area contributed by atoms with Gasteiger partial charge in [-0.25, -0.2) is 9.37 Å². The normalized spacial score (nSPS) is 15.1. The molecule has 4 heterocycles. The molecule has 5 aromatic rings. The SMILES string of the molecule is O=c1c2cn[nH]c2c2cnc(NCC3COc4ccccc4O3)nc2n1-c1ccc(F)cc1. The van der Waals surface area contributed by atoms with Crippen LogP contribution in [-0.2, 0) is 0 Å². The number of ether oxygens (including phenoxy) is 2. The number of fused-ring (bicyclic) bond motifs is 4. The number of nitrogens with one attached hydrogen (secondary N) is 2. The number of rotatable bonds is 4. The summed E-state index contributed by atoms with van der Waals surface area (Å²) >= 11 is 0. The van der Waals surface area contributed by atoms with E-state index in [9.17, 15) is 9.18 Å². The number of halogens is 1. The van der Waals surface area contributed by atoms with Crippen molar-refractivity contribution in [1.82, 2.24) is 24.7 Å². The maximum absolute atomic E-state index is 13.5. The molecule has 1 unspecified atom stereocenters. The van der Waals surface area contributed by atoms with Gasteiger partial charge in [0.2, 0.25) is 5.95 Å². The first-order valence-corrected chi connectivity index (χ1v) is 10.3. The van der Waals surface area contributed by atoms with Gasteiger partial charge in [-0.1, -0.05) is 12.1 Å². The average molecular weight is 444 g/mol. The van der Waals surface area contributed by atoms with Crippen molar-refractivity contribution >= 4 is 27.9 Å². The molecule has 9 nitrogen and oxygen atoms in total. The fraction of sp³-hybridized carbons (Fsp3) is 0.130. The van der Waals surface area contributed by atoms with Gasteiger partial charge in [0.1, 0.15) is 18.5 Å². The number of nitrogens with zero attached hydrogens (tertiary/aromatic N) is 4. The van der Waals surface area contributed by atoms with E-state index in [1.807, 2.05) is 24.3 Å². The fourth-order valence-electron chi connectivity index (χ4n) is 3.87. The molecule has 1 aliphatic heterocycles. The van der Waals surface area contributed by atoms with Gasteiger partial charge in [-0.15, -0.1) is 0 Å². The lowest BCUT2D eigenvalue weighted by atomic mass is 10.2. The van der Waals surface area contributed by atoms with Gasteiger partial charge in [-0.3, -0.25) is 14.5 Å². The first kappa shape index (κ1) is 19.2. The second kappa shape index (κ2) is 7.59. The lowest BCUT2D eigenvalue weighted by Crippen LogP contribution is -2.35. The van der Waals surface area contributed by atoms with Gasteiger partial charge < -0.3 is 14.8 Å². The average Bonchev–Trinajstić information content (AvgIpc) is 3.34. The molecule has 6 rings (SSSR count). The summed E-state index contributed by atoms with van der Waals surface area (Å²) in [4.78, 5) is 22.2. The molecule has 2 N–H and O–H groups in total. The molecule has 0 saturated heterocycles. The van der Waals surface area contributed by atoms with Crippen LogP contribution < -0.4 is 20.3 Å². The lowest BCUT2D eigenvalue weighted by molar-refractivity contribution is 0.0996. The Hall–Kier alpha value is -4.47. The quantitative estimate of drug-likeness (QED) is 0.439. The van der Waals surface area contributed by atoms with Crippen molar-refractivity contribution in [1.29, 1.82) is 0 Å². The zero-order chi connectivity index (χ0) is 22.4. The van der Waals surface area contributed by atoms with Crippen LogP contribution in [0, 0.1) is 5.82 Å². The smallest absolute Gasteiger partial charge is 0.267 e. The maximum Gasteiger partial charge on any atom is 0.267 e. The van der Waals surface area contributed by atoms with E-state index in [1.54, 1.807) is 6.20 Å². The molecule has 33 heavy (non-hydrogen) atoms. The number of para-hydroxylation sites is 2. The topological polar surface area (TPSA) is 107 Å². The molecule has 10 heteroatoms. The maximum atomic E-state index is 13.5. The van der Waals surface area contributed by atoms with Gasteiger partial charge in [0, 0.05) is 6.20 Å². The summed E-state index contributed by atoms with van der Waals surface area (Å²) in [6.07, 6.45) is 2.84. The van der Waals surface area contributed by atoms with E-state index in [-0.39, 0.29) is 11.7 Å². The van der Waals surface area contributed by atoms with Gasteiger partial charge in [-0.2, -0.15) is 10.1 Å². The Bertz CT molecular complexity index is 1550. The van der Waals surface area contributed by atoms with Crippen LogP contribution in [0.25, 0.3) is 27.6 Å². The third kappa shape index (κ3) is 3.32. The Morgan fingerprint density at radius 1 is 1.09 bits per heavy atom. The molecule has 2 aromatic carbocycles. The highest BCUT2D eigenvalue weighted by Crippen LogP contribution is 2.31. The van der Waals surface area contributed by atoms with Crippen molar-refractivity contribution < 1.29 is 13.9 Å². The van der Waals surface area contributed by atoms with Gasteiger partial charge in [0.15, 0.2) is 17.1 Å². The number of anilines is 1. The van der Waals surface area contributed by atoms with Crippen molar-refractivity contribution in [3.05, 3.63) is 77.1 Å². The Labute approximate surface area is 185 Å². The van der Waals surface area contributed by atoms with E-state index < -0.39 is 5.82 Å². The number of hydrogen-bond acceptors (Lipinski definition) is 7. The molecule has 0 fully saturated rings. The van der Waals surface area contributed by atoms with Crippen molar-refractivity contribution in [2.24, 2.45) is 0 Å². The van der Waals surface area contributed by atoms with E-state index in [2.05, 4.69) is 25.5 Å². The largest absolute Gasteiger partial charge is 0.486 e. The fourth-order valence-corrected chi connectivity index (χ4v) is 3.87. The van der Waals surface area contributed by atoms with Crippen LogP contribution in [0.15, 0.2) is 65.7 Å². The Kier molecular flexibility index (Phi) is 4.42. The highest BCUT2D eigenvalue weighted by Gasteiger charge is 2.21. The Balaban J connectivity index is 1.37. The third-order valence-corrected chi connectivity index (χ3v) is 5.46. The molecular weight excluding hydrogens is 427 g/mol. The number of H-pyrrole nitrogens is 1. The van der Waals surface area contributed by atoms with Crippen LogP contribution in [0.4, 0.5) is 10.3 Å². The summed E-state index contributed by atoms with van der Waals surface area (Å²) in [5.41, 5.74) is 1.08. The molecule has 0 radical (unpaired) electrons. The zero-order valence-electron chi connectivity index (χ0n) is 17.2. The van der Waals surface area contributed by atoms with Gasteiger partial charge in [0.05, 0.1) is 34.7 Å². The summed E-state index contributed by atoms with van der Waals surface area (Å²) in [6.45, 7) is 0.777. The number of aromatic amines is 1. The summed E-state index contributed by atoms with van der Waals surface area (Å²) < 4.78 is 26.6. The highest BCUT2D eigenvalue weighted by atomic mass is 19.1. The van der Waals surface area contributed by atoms with Crippen LogP contribution in [-0.4, -0.2) is 44.0 Å². The highest BCUT2D eigenvalue weighted by molar-refractivity contribution is 6.02. The Morgan fingerprint density at radius 2 is 1.91 bits per heavy atom. The van der Waals surface area contributed by atoms with Crippen LogP contribution in [0.3, 0.4) is 0 Å². The van der Waals surface area contributed by atoms with Gasteiger partial charge in [-0.05, 0) is 36.4 Å². The minimum Gasteiger partial charge on any atom is -0.486 e. The van der Waals surface area contributed by atoms with Crippen LogP contribution in [0.5, 0.6) is 11.5 Å². The molecule has 0 spiro atoms. The first-order chi connectivity index (χ1) is 16.2.